The Morgan fingerprint density at radius 3 is 2.57 bits per heavy atom. The summed E-state index contributed by atoms with van der Waals surface area (Å²) in [5.74, 6) is 2.68. The normalized spacial score (nSPS) is 14.4. The first kappa shape index (κ1) is 35.8. The lowest BCUT2D eigenvalue weighted by atomic mass is 9.93. The Morgan fingerprint density at radius 2 is 1.78 bits per heavy atom. The number of ether oxygens (including phenoxy) is 3. The number of benzene rings is 3. The van der Waals surface area contributed by atoms with Crippen molar-refractivity contribution in [2.45, 2.75) is 59.1 Å². The molecule has 1 atom stereocenters. The van der Waals surface area contributed by atoms with E-state index < -0.39 is 0 Å². The number of aliphatic hydroxyl groups is 1. The van der Waals surface area contributed by atoms with Gasteiger partial charge in [-0.15, -0.1) is 0 Å². The first-order valence-electron chi connectivity index (χ1n) is 17.1. The molecule has 0 saturated carbocycles. The number of nitrogens with one attached hydrogen (secondary N) is 2. The Balaban J connectivity index is 1.15. The summed E-state index contributed by atoms with van der Waals surface area (Å²) in [6, 6.07) is 19.9. The van der Waals surface area contributed by atoms with E-state index in [1.807, 2.05) is 30.3 Å². The number of rotatable bonds is 16. The van der Waals surface area contributed by atoms with Gasteiger partial charge in [-0.25, -0.2) is 4.98 Å². The molecular weight excluding hydrogens is 666 g/mol. The smallest absolute Gasteiger partial charge is 0.142 e. The van der Waals surface area contributed by atoms with Gasteiger partial charge >= 0.3 is 0 Å². The Morgan fingerprint density at radius 1 is 0.961 bits per heavy atom. The van der Waals surface area contributed by atoms with Crippen molar-refractivity contribution in [3.63, 3.8) is 0 Å². The molecule has 1 aliphatic heterocycles. The predicted molar refractivity (Wildman–Crippen MR) is 195 cm³/mol. The minimum absolute atomic E-state index is 0.203. The number of β-amino-alcohol motifs (C(OH)–C–C–N with tert-alkyl or cyclic N) is 1. The van der Waals surface area contributed by atoms with E-state index in [1.165, 1.54) is 12.5 Å². The molecule has 12 heteroatoms. The molecule has 51 heavy (non-hydrogen) atoms. The molecule has 264 valence electrons. The van der Waals surface area contributed by atoms with Crippen molar-refractivity contribution in [2.75, 3.05) is 26.2 Å². The summed E-state index contributed by atoms with van der Waals surface area (Å²) in [4.78, 5) is 10.6. The number of nitriles is 1. The monoisotopic (exact) mass is 707 g/mol. The van der Waals surface area contributed by atoms with Gasteiger partial charge in [0.15, 0.2) is 0 Å². The highest BCUT2D eigenvalue weighted by atomic mass is 35.5. The minimum Gasteiger partial charge on any atom is -0.493 e. The van der Waals surface area contributed by atoms with Gasteiger partial charge in [0.1, 0.15) is 48.7 Å². The molecule has 1 aliphatic rings. The zero-order valence-electron chi connectivity index (χ0n) is 28.9. The highest BCUT2D eigenvalue weighted by molar-refractivity contribution is 6.32. The number of likely N-dealkylation sites (tertiary alicyclic amines) is 1. The molecule has 1 saturated heterocycles. The second-order valence-electron chi connectivity index (χ2n) is 12.7. The molecule has 0 spiro atoms. The van der Waals surface area contributed by atoms with Crippen molar-refractivity contribution < 1.29 is 19.3 Å². The molecule has 0 amide bonds. The standard InChI is InChI=1S/C39H42ClN7O4/c1-26-30(6-3-7-33(26)34-8-4-9-36(27(34)2)49-13-5-11-47-12-10-32(48)22-47)24-51-38-16-37(50-23-29-14-28(17-41)18-42-19-29)31(15-35(38)40)20-43-21-39-44-25-45-46-39/h3-4,6-9,14-16,18-19,25,32,43,48H,5,10-13,20-24H2,1-2H3,(H,44,45,46). The van der Waals surface area contributed by atoms with E-state index in [4.69, 9.17) is 25.8 Å². The van der Waals surface area contributed by atoms with Crippen LogP contribution in [0.1, 0.15) is 52.0 Å². The van der Waals surface area contributed by atoms with Crippen LogP contribution < -0.4 is 19.5 Å². The first-order chi connectivity index (χ1) is 24.9. The molecule has 3 heterocycles. The molecule has 1 fully saturated rings. The van der Waals surface area contributed by atoms with Gasteiger partial charge in [-0.2, -0.15) is 10.4 Å². The lowest BCUT2D eigenvalue weighted by Gasteiger charge is -2.19. The molecule has 0 bridgehead atoms. The van der Waals surface area contributed by atoms with Gasteiger partial charge in [-0.05, 0) is 72.7 Å². The molecule has 5 aromatic rings. The van der Waals surface area contributed by atoms with Crippen LogP contribution in [0.3, 0.4) is 0 Å². The van der Waals surface area contributed by atoms with Gasteiger partial charge in [0.2, 0.25) is 0 Å². The summed E-state index contributed by atoms with van der Waals surface area (Å²) < 4.78 is 18.8. The second-order valence-corrected chi connectivity index (χ2v) is 13.1. The quantitative estimate of drug-likeness (QED) is 0.100. The highest BCUT2D eigenvalue weighted by Crippen LogP contribution is 2.36. The number of aromatic nitrogens is 4. The Kier molecular flexibility index (Phi) is 12.1. The summed E-state index contributed by atoms with van der Waals surface area (Å²) >= 11 is 6.79. The van der Waals surface area contributed by atoms with Gasteiger partial charge < -0.3 is 29.5 Å². The van der Waals surface area contributed by atoms with Crippen LogP contribution in [0.25, 0.3) is 11.1 Å². The molecule has 2 aromatic heterocycles. The van der Waals surface area contributed by atoms with Gasteiger partial charge in [0.25, 0.3) is 0 Å². The molecule has 1 unspecified atom stereocenters. The van der Waals surface area contributed by atoms with Crippen LogP contribution in [0.15, 0.2) is 73.3 Å². The van der Waals surface area contributed by atoms with Crippen LogP contribution in [0, 0.1) is 25.2 Å². The Bertz CT molecular complexity index is 1960. The van der Waals surface area contributed by atoms with E-state index >= 15 is 0 Å². The SMILES string of the molecule is Cc1c(COc2cc(OCc3cncc(C#N)c3)c(CNCc3ncn[nH]3)cc2Cl)cccc1-c1cccc(OCCCN2CCC(O)C2)c1C. The fraction of sp³-hybridized carbons (Fsp3) is 0.333. The van der Waals surface area contributed by atoms with Gasteiger partial charge in [0, 0.05) is 55.8 Å². The van der Waals surface area contributed by atoms with Crippen molar-refractivity contribution in [2.24, 2.45) is 0 Å². The predicted octanol–water partition coefficient (Wildman–Crippen LogP) is 6.29. The van der Waals surface area contributed by atoms with E-state index in [2.05, 4.69) is 68.5 Å². The first-order valence-corrected chi connectivity index (χ1v) is 17.4. The highest BCUT2D eigenvalue weighted by Gasteiger charge is 2.20. The maximum atomic E-state index is 9.79. The van der Waals surface area contributed by atoms with Crippen LogP contribution in [0.2, 0.25) is 5.02 Å². The van der Waals surface area contributed by atoms with Crippen molar-refractivity contribution >= 4 is 11.6 Å². The van der Waals surface area contributed by atoms with Crippen LogP contribution in [-0.2, 0) is 26.3 Å². The number of aliphatic hydroxyl groups excluding tert-OH is 1. The summed E-state index contributed by atoms with van der Waals surface area (Å²) in [6.07, 6.45) is 6.22. The zero-order chi connectivity index (χ0) is 35.6. The Hall–Kier alpha value is -4.99. The van der Waals surface area contributed by atoms with E-state index in [9.17, 15) is 10.4 Å². The fourth-order valence-electron chi connectivity index (χ4n) is 6.21. The summed E-state index contributed by atoms with van der Waals surface area (Å²) in [6.45, 7) is 8.90. The summed E-state index contributed by atoms with van der Waals surface area (Å²) in [5, 5.41) is 29.6. The largest absolute Gasteiger partial charge is 0.493 e. The summed E-state index contributed by atoms with van der Waals surface area (Å²) in [7, 11) is 0. The molecule has 3 aromatic carbocycles. The Labute approximate surface area is 303 Å². The maximum Gasteiger partial charge on any atom is 0.142 e. The lowest BCUT2D eigenvalue weighted by molar-refractivity contribution is 0.173. The minimum atomic E-state index is -0.203. The molecule has 6 rings (SSSR count). The van der Waals surface area contributed by atoms with E-state index in [0.717, 1.165) is 77.2 Å². The van der Waals surface area contributed by atoms with Crippen molar-refractivity contribution in [3.05, 3.63) is 118 Å². The van der Waals surface area contributed by atoms with Crippen LogP contribution in [0.5, 0.6) is 17.2 Å². The average molecular weight is 708 g/mol. The van der Waals surface area contributed by atoms with E-state index in [0.29, 0.717) is 54.2 Å². The van der Waals surface area contributed by atoms with Crippen LogP contribution in [-0.4, -0.2) is 62.5 Å². The zero-order valence-corrected chi connectivity index (χ0v) is 29.6. The van der Waals surface area contributed by atoms with E-state index in [-0.39, 0.29) is 12.7 Å². The number of H-pyrrole nitrogens is 1. The molecular formula is C39H42ClN7O4. The molecule has 11 nitrogen and oxygen atoms in total. The van der Waals surface area contributed by atoms with E-state index in [1.54, 1.807) is 12.3 Å². The van der Waals surface area contributed by atoms with Gasteiger partial charge in [0.05, 0.1) is 29.8 Å². The number of hydrogen-bond acceptors (Lipinski definition) is 10. The number of hydrogen-bond donors (Lipinski definition) is 3. The number of pyridine rings is 1. The average Bonchev–Trinajstić information content (AvgIpc) is 3.82. The maximum absolute atomic E-state index is 9.79. The molecule has 0 radical (unpaired) electrons. The van der Waals surface area contributed by atoms with Crippen LogP contribution >= 0.6 is 11.6 Å². The third-order valence-corrected chi connectivity index (χ3v) is 9.33. The number of nitrogens with zero attached hydrogens (tertiary/aromatic N) is 5. The van der Waals surface area contributed by atoms with Gasteiger partial charge in [-0.3, -0.25) is 10.1 Å². The van der Waals surface area contributed by atoms with Gasteiger partial charge in [-0.1, -0.05) is 41.9 Å². The van der Waals surface area contributed by atoms with Crippen molar-refractivity contribution in [1.82, 2.24) is 30.4 Å². The number of halogens is 1. The molecule has 0 aliphatic carbocycles. The number of aromatic amines is 1. The van der Waals surface area contributed by atoms with Crippen LogP contribution in [0.4, 0.5) is 0 Å². The lowest BCUT2D eigenvalue weighted by Crippen LogP contribution is -2.24. The fourth-order valence-corrected chi connectivity index (χ4v) is 6.46. The van der Waals surface area contributed by atoms with Crippen molar-refractivity contribution in [1.29, 1.82) is 5.26 Å². The topological polar surface area (TPSA) is 141 Å². The second kappa shape index (κ2) is 17.3. The third kappa shape index (κ3) is 9.42. The molecule has 3 N–H and O–H groups in total. The summed E-state index contributed by atoms with van der Waals surface area (Å²) in [5.41, 5.74) is 7.52. The third-order valence-electron chi connectivity index (χ3n) is 9.03. The van der Waals surface area contributed by atoms with Crippen molar-refractivity contribution in [3.8, 4) is 34.4 Å².